The maximum absolute atomic E-state index is 13.3. The number of benzene rings is 2. The molecule has 1 aliphatic carbocycles. The normalized spacial score (nSPS) is 18.6. The Morgan fingerprint density at radius 2 is 1.86 bits per heavy atom. The average Bonchev–Trinajstić information content (AvgIpc) is 3.44. The third kappa shape index (κ3) is 2.61. The second-order valence-corrected chi connectivity index (χ2v) is 7.42. The third-order valence-corrected chi connectivity index (χ3v) is 5.43. The molecule has 2 aromatic rings. The molecule has 144 valence electrons. The first-order valence-corrected chi connectivity index (χ1v) is 9.19. The van der Waals surface area contributed by atoms with Gasteiger partial charge in [-0.15, -0.1) is 0 Å². The first-order valence-electron chi connectivity index (χ1n) is 8.81. The van der Waals surface area contributed by atoms with Gasteiger partial charge in [-0.2, -0.15) is 13.2 Å². The Morgan fingerprint density at radius 3 is 2.57 bits per heavy atom. The molecule has 0 amide bonds. The summed E-state index contributed by atoms with van der Waals surface area (Å²) in [5.41, 5.74) is 3.53. The maximum atomic E-state index is 13.3. The van der Waals surface area contributed by atoms with E-state index in [2.05, 4.69) is 5.43 Å². The topological polar surface area (TPSA) is 38.7 Å². The van der Waals surface area contributed by atoms with Crippen molar-refractivity contribution in [2.45, 2.75) is 25.1 Å². The summed E-state index contributed by atoms with van der Waals surface area (Å²) >= 11 is 5.73. The van der Waals surface area contributed by atoms with E-state index in [1.54, 1.807) is 0 Å². The Hall–Kier alpha value is -2.80. The average molecular weight is 406 g/mol. The minimum atomic E-state index is -4.59. The molecule has 0 saturated heterocycles. The SMILES string of the molecule is OC1=C2C(=c3ccccc3=CN2C2CC2)NN1c1ccc(Cl)c(C(F)(F)F)c1. The number of hydrogen-bond donors (Lipinski definition) is 2. The molecular formula is C20H15ClF3N3O. The first kappa shape index (κ1) is 17.3. The number of alkyl halides is 3. The lowest BCUT2D eigenvalue weighted by molar-refractivity contribution is -0.137. The molecule has 28 heavy (non-hydrogen) atoms. The summed E-state index contributed by atoms with van der Waals surface area (Å²) in [7, 11) is 0. The molecule has 2 aliphatic heterocycles. The van der Waals surface area contributed by atoms with Crippen molar-refractivity contribution in [3.8, 4) is 0 Å². The van der Waals surface area contributed by atoms with Crippen molar-refractivity contribution < 1.29 is 18.3 Å². The van der Waals surface area contributed by atoms with Gasteiger partial charge in [-0.1, -0.05) is 35.9 Å². The van der Waals surface area contributed by atoms with Crippen LogP contribution in [0.5, 0.6) is 0 Å². The summed E-state index contributed by atoms with van der Waals surface area (Å²) in [6.45, 7) is 0. The van der Waals surface area contributed by atoms with Gasteiger partial charge in [-0.3, -0.25) is 5.43 Å². The quantitative estimate of drug-likeness (QED) is 0.803. The van der Waals surface area contributed by atoms with E-state index in [0.29, 0.717) is 11.4 Å². The molecule has 2 N–H and O–H groups in total. The van der Waals surface area contributed by atoms with Gasteiger partial charge in [-0.25, -0.2) is 5.01 Å². The van der Waals surface area contributed by atoms with Crippen molar-refractivity contribution in [1.29, 1.82) is 0 Å². The van der Waals surface area contributed by atoms with Crippen LogP contribution in [0.4, 0.5) is 18.9 Å². The van der Waals surface area contributed by atoms with E-state index in [9.17, 15) is 18.3 Å². The van der Waals surface area contributed by atoms with Gasteiger partial charge in [0.1, 0.15) is 5.70 Å². The van der Waals surface area contributed by atoms with Gasteiger partial charge < -0.3 is 10.0 Å². The number of nitrogens with one attached hydrogen (secondary N) is 1. The van der Waals surface area contributed by atoms with Gasteiger partial charge in [-0.05, 0) is 31.0 Å². The second-order valence-electron chi connectivity index (χ2n) is 7.01. The first-order chi connectivity index (χ1) is 13.3. The van der Waals surface area contributed by atoms with Crippen LogP contribution in [0.25, 0.3) is 11.9 Å². The summed E-state index contributed by atoms with van der Waals surface area (Å²) in [5.74, 6) is -0.136. The Bertz CT molecular complexity index is 1140. The number of aliphatic hydroxyl groups excluding tert-OH is 1. The Kier molecular flexibility index (Phi) is 3.61. The van der Waals surface area contributed by atoms with Crippen molar-refractivity contribution in [2.75, 3.05) is 5.01 Å². The van der Waals surface area contributed by atoms with E-state index >= 15 is 0 Å². The molecule has 2 heterocycles. The van der Waals surface area contributed by atoms with Crippen LogP contribution in [0.15, 0.2) is 54.0 Å². The van der Waals surface area contributed by atoms with Crippen LogP contribution in [-0.4, -0.2) is 16.0 Å². The fourth-order valence-electron chi connectivity index (χ4n) is 3.62. The second kappa shape index (κ2) is 5.85. The molecule has 0 spiro atoms. The zero-order chi connectivity index (χ0) is 19.6. The Labute approximate surface area is 163 Å². The molecule has 4 nitrogen and oxygen atoms in total. The highest BCUT2D eigenvalue weighted by Gasteiger charge is 2.40. The Balaban J connectivity index is 1.67. The molecule has 3 aliphatic rings. The molecule has 0 radical (unpaired) electrons. The highest BCUT2D eigenvalue weighted by atomic mass is 35.5. The molecule has 8 heteroatoms. The lowest BCUT2D eigenvalue weighted by Crippen LogP contribution is -2.41. The zero-order valence-electron chi connectivity index (χ0n) is 14.5. The largest absolute Gasteiger partial charge is 0.492 e. The number of hydrazine groups is 1. The molecule has 0 unspecified atom stereocenters. The van der Waals surface area contributed by atoms with Crippen molar-refractivity contribution >= 4 is 29.2 Å². The molecule has 0 aromatic heterocycles. The van der Waals surface area contributed by atoms with Crippen LogP contribution in [0.2, 0.25) is 5.02 Å². The number of halogens is 4. The van der Waals surface area contributed by atoms with Crippen LogP contribution in [-0.2, 0) is 6.18 Å². The third-order valence-electron chi connectivity index (χ3n) is 5.10. The standard InChI is InChI=1S/C20H15ClF3N3O/c21-16-8-7-13(9-15(16)20(22,23)24)27-19(28)18-17(25-27)14-4-2-1-3-11(14)10-26(18)12-5-6-12/h1-4,7-10,12,25,28H,5-6H2. The molecule has 1 saturated carbocycles. The van der Waals surface area contributed by atoms with E-state index in [-0.39, 0.29) is 22.6 Å². The molecule has 0 bridgehead atoms. The lowest BCUT2D eigenvalue weighted by Gasteiger charge is -2.24. The van der Waals surface area contributed by atoms with Crippen molar-refractivity contribution in [2.24, 2.45) is 0 Å². The minimum absolute atomic E-state index is 0.136. The fourth-order valence-corrected chi connectivity index (χ4v) is 3.84. The number of nitrogens with zero attached hydrogens (tertiary/aromatic N) is 2. The molecule has 2 aromatic carbocycles. The number of anilines is 1. The van der Waals surface area contributed by atoms with Crippen molar-refractivity contribution in [3.63, 3.8) is 0 Å². The molecular weight excluding hydrogens is 391 g/mol. The highest BCUT2D eigenvalue weighted by molar-refractivity contribution is 6.31. The monoisotopic (exact) mass is 405 g/mol. The van der Waals surface area contributed by atoms with E-state index < -0.39 is 11.7 Å². The number of rotatable bonds is 2. The van der Waals surface area contributed by atoms with Crippen LogP contribution in [0.1, 0.15) is 18.4 Å². The summed E-state index contributed by atoms with van der Waals surface area (Å²) < 4.78 is 39.8. The van der Waals surface area contributed by atoms with Gasteiger partial charge in [0.05, 0.1) is 22.0 Å². The predicted molar refractivity (Wildman–Crippen MR) is 100 cm³/mol. The maximum Gasteiger partial charge on any atom is 0.417 e. The Morgan fingerprint density at radius 1 is 1.11 bits per heavy atom. The van der Waals surface area contributed by atoms with Gasteiger partial charge in [0.25, 0.3) is 0 Å². The summed E-state index contributed by atoms with van der Waals surface area (Å²) in [4.78, 5) is 2.00. The van der Waals surface area contributed by atoms with Gasteiger partial charge in [0.15, 0.2) is 0 Å². The zero-order valence-corrected chi connectivity index (χ0v) is 15.2. The van der Waals surface area contributed by atoms with E-state index in [1.165, 1.54) is 17.1 Å². The number of aliphatic hydroxyl groups is 1. The predicted octanol–water partition coefficient (Wildman–Crippen LogP) is 3.43. The highest BCUT2D eigenvalue weighted by Crippen LogP contribution is 2.41. The van der Waals surface area contributed by atoms with E-state index in [0.717, 1.165) is 29.3 Å². The molecule has 5 rings (SSSR count). The lowest BCUT2D eigenvalue weighted by atomic mass is 10.1. The summed E-state index contributed by atoms with van der Waals surface area (Å²) in [5, 5.41) is 13.7. The van der Waals surface area contributed by atoms with Crippen LogP contribution in [0.3, 0.4) is 0 Å². The number of fused-ring (bicyclic) bond motifs is 2. The van der Waals surface area contributed by atoms with Crippen LogP contribution in [0, 0.1) is 0 Å². The molecule has 1 fully saturated rings. The van der Waals surface area contributed by atoms with Gasteiger partial charge in [0, 0.05) is 22.7 Å². The minimum Gasteiger partial charge on any atom is -0.492 e. The fraction of sp³-hybridized carbons (Fsp3) is 0.200. The van der Waals surface area contributed by atoms with Crippen LogP contribution >= 0.6 is 11.6 Å². The van der Waals surface area contributed by atoms with Crippen molar-refractivity contribution in [3.05, 3.63) is 75.1 Å². The van der Waals surface area contributed by atoms with E-state index in [4.69, 9.17) is 11.6 Å². The van der Waals surface area contributed by atoms with E-state index in [1.807, 2.05) is 35.4 Å². The number of hydrogen-bond acceptors (Lipinski definition) is 4. The van der Waals surface area contributed by atoms with Crippen molar-refractivity contribution in [1.82, 2.24) is 10.3 Å². The molecule has 0 atom stereocenters. The van der Waals surface area contributed by atoms with Crippen LogP contribution < -0.4 is 20.9 Å². The summed E-state index contributed by atoms with van der Waals surface area (Å²) in [6, 6.07) is 11.5. The smallest absolute Gasteiger partial charge is 0.417 e. The summed E-state index contributed by atoms with van der Waals surface area (Å²) in [6.07, 6.45) is -0.601. The van der Waals surface area contributed by atoms with Gasteiger partial charge >= 0.3 is 6.18 Å². The van der Waals surface area contributed by atoms with Gasteiger partial charge in [0.2, 0.25) is 5.88 Å².